The quantitative estimate of drug-likeness (QED) is 0.856. The lowest BCUT2D eigenvalue weighted by Crippen LogP contribution is -2.14. The van der Waals surface area contributed by atoms with E-state index < -0.39 is 10.0 Å². The van der Waals surface area contributed by atoms with Crippen LogP contribution in [0.25, 0.3) is 0 Å². The maximum atomic E-state index is 12.2. The number of aryl methyl sites for hydroxylation is 1. The van der Waals surface area contributed by atoms with Crippen molar-refractivity contribution in [3.63, 3.8) is 0 Å². The highest BCUT2D eigenvalue weighted by Gasteiger charge is 2.15. The molecule has 0 radical (unpaired) electrons. The molecule has 21 heavy (non-hydrogen) atoms. The van der Waals surface area contributed by atoms with E-state index in [1.54, 1.807) is 12.1 Å². The van der Waals surface area contributed by atoms with Crippen LogP contribution in [-0.2, 0) is 10.0 Å². The summed E-state index contributed by atoms with van der Waals surface area (Å²) >= 11 is 0. The molecule has 7 heteroatoms. The Kier molecular flexibility index (Phi) is 4.74. The largest absolute Gasteiger partial charge is 0.354 e. The molecule has 1 heterocycles. The Labute approximate surface area is 124 Å². The molecule has 0 spiro atoms. The van der Waals surface area contributed by atoms with Crippen LogP contribution in [0.4, 0.5) is 11.6 Å². The molecule has 0 atom stereocenters. The summed E-state index contributed by atoms with van der Waals surface area (Å²) in [6.07, 6.45) is 3.53. The molecular formula is C14H18N4O2S. The number of anilines is 2. The molecule has 1 aromatic carbocycles. The number of hydrogen-bond donors (Lipinski definition) is 2. The summed E-state index contributed by atoms with van der Waals surface area (Å²) in [5.41, 5.74) is 1.57. The van der Waals surface area contributed by atoms with Gasteiger partial charge in [-0.2, -0.15) is 0 Å². The normalized spacial score (nSPS) is 11.1. The molecule has 112 valence electrons. The zero-order valence-corrected chi connectivity index (χ0v) is 12.8. The van der Waals surface area contributed by atoms with Crippen LogP contribution in [0.5, 0.6) is 0 Å². The number of benzene rings is 1. The van der Waals surface area contributed by atoms with Crippen LogP contribution >= 0.6 is 0 Å². The summed E-state index contributed by atoms with van der Waals surface area (Å²) in [7, 11) is -3.67. The van der Waals surface area contributed by atoms with Crippen molar-refractivity contribution >= 4 is 21.7 Å². The Morgan fingerprint density at radius 2 is 1.71 bits per heavy atom. The Morgan fingerprint density at radius 3 is 2.29 bits per heavy atom. The van der Waals surface area contributed by atoms with E-state index in [9.17, 15) is 8.42 Å². The van der Waals surface area contributed by atoms with Crippen molar-refractivity contribution in [2.75, 3.05) is 16.6 Å². The van der Waals surface area contributed by atoms with Gasteiger partial charge in [-0.1, -0.05) is 24.6 Å². The lowest BCUT2D eigenvalue weighted by Gasteiger charge is -2.08. The second-order valence-electron chi connectivity index (χ2n) is 4.64. The van der Waals surface area contributed by atoms with E-state index in [1.807, 2.05) is 26.0 Å². The molecule has 2 rings (SSSR count). The fourth-order valence-corrected chi connectivity index (χ4v) is 2.57. The maximum Gasteiger partial charge on any atom is 0.264 e. The molecular weight excluding hydrogens is 288 g/mol. The molecule has 0 fully saturated rings. The second kappa shape index (κ2) is 6.53. The number of rotatable bonds is 6. The van der Waals surface area contributed by atoms with Gasteiger partial charge in [0.2, 0.25) is 5.95 Å². The van der Waals surface area contributed by atoms with E-state index in [-0.39, 0.29) is 4.90 Å². The minimum Gasteiger partial charge on any atom is -0.354 e. The van der Waals surface area contributed by atoms with E-state index >= 15 is 0 Å². The van der Waals surface area contributed by atoms with Gasteiger partial charge in [-0.25, -0.2) is 18.4 Å². The van der Waals surface area contributed by atoms with Gasteiger partial charge in [0.05, 0.1) is 12.4 Å². The Bertz CT molecular complexity index is 682. The van der Waals surface area contributed by atoms with Crippen LogP contribution in [0.1, 0.15) is 18.9 Å². The highest BCUT2D eigenvalue weighted by Crippen LogP contribution is 2.15. The van der Waals surface area contributed by atoms with E-state index in [2.05, 4.69) is 20.0 Å². The average molecular weight is 306 g/mol. The summed E-state index contributed by atoms with van der Waals surface area (Å²) < 4.78 is 26.9. The summed E-state index contributed by atoms with van der Waals surface area (Å²) in [6, 6.07) is 7.11. The van der Waals surface area contributed by atoms with Gasteiger partial charge in [0.15, 0.2) is 0 Å². The zero-order valence-electron chi connectivity index (χ0n) is 12.0. The van der Waals surface area contributed by atoms with Crippen molar-refractivity contribution in [2.24, 2.45) is 0 Å². The van der Waals surface area contributed by atoms with Crippen LogP contribution in [0.15, 0.2) is 41.6 Å². The van der Waals surface area contributed by atoms with Crippen LogP contribution in [0, 0.1) is 6.92 Å². The molecule has 6 nitrogen and oxygen atoms in total. The molecule has 0 unspecified atom stereocenters. The summed E-state index contributed by atoms with van der Waals surface area (Å²) in [6.45, 7) is 4.71. The number of nitrogens with one attached hydrogen (secondary N) is 2. The average Bonchev–Trinajstić information content (AvgIpc) is 2.48. The molecule has 0 saturated carbocycles. The highest BCUT2D eigenvalue weighted by atomic mass is 32.2. The standard InChI is InChI=1S/C14H18N4O2S/c1-3-8-15-14-16-9-13(10-17-14)21(19,20)18-12-6-4-11(2)5-7-12/h4-7,9-10,18H,3,8H2,1-2H3,(H,15,16,17). The van der Waals surface area contributed by atoms with Gasteiger partial charge in [-0.15, -0.1) is 0 Å². The van der Waals surface area contributed by atoms with Crippen molar-refractivity contribution in [3.8, 4) is 0 Å². The second-order valence-corrected chi connectivity index (χ2v) is 6.32. The van der Waals surface area contributed by atoms with E-state index in [4.69, 9.17) is 0 Å². The smallest absolute Gasteiger partial charge is 0.264 e. The van der Waals surface area contributed by atoms with Crippen molar-refractivity contribution in [3.05, 3.63) is 42.2 Å². The van der Waals surface area contributed by atoms with Gasteiger partial charge in [0.1, 0.15) is 4.90 Å². The van der Waals surface area contributed by atoms with Crippen molar-refractivity contribution in [1.82, 2.24) is 9.97 Å². The van der Waals surface area contributed by atoms with Crippen molar-refractivity contribution < 1.29 is 8.42 Å². The molecule has 1 aromatic heterocycles. The predicted octanol–water partition coefficient (Wildman–Crippen LogP) is 2.41. The lowest BCUT2D eigenvalue weighted by molar-refractivity contribution is 0.600. The molecule has 0 amide bonds. The number of sulfonamides is 1. The van der Waals surface area contributed by atoms with Crippen LogP contribution in [0.3, 0.4) is 0 Å². The Balaban J connectivity index is 2.13. The molecule has 0 bridgehead atoms. The lowest BCUT2D eigenvalue weighted by atomic mass is 10.2. The van der Waals surface area contributed by atoms with Crippen molar-refractivity contribution in [2.45, 2.75) is 25.2 Å². The van der Waals surface area contributed by atoms with E-state index in [0.717, 1.165) is 18.5 Å². The molecule has 0 saturated heterocycles. The number of aromatic nitrogens is 2. The first-order valence-electron chi connectivity index (χ1n) is 6.66. The first-order valence-corrected chi connectivity index (χ1v) is 8.15. The highest BCUT2D eigenvalue weighted by molar-refractivity contribution is 7.92. The fraction of sp³-hybridized carbons (Fsp3) is 0.286. The first-order chi connectivity index (χ1) is 10.0. The maximum absolute atomic E-state index is 12.2. The molecule has 2 N–H and O–H groups in total. The van der Waals surface area contributed by atoms with Gasteiger partial charge in [0.25, 0.3) is 10.0 Å². The first kappa shape index (κ1) is 15.2. The monoisotopic (exact) mass is 306 g/mol. The SMILES string of the molecule is CCCNc1ncc(S(=O)(=O)Nc2ccc(C)cc2)cn1. The van der Waals surface area contributed by atoms with Crippen LogP contribution in [-0.4, -0.2) is 24.9 Å². The van der Waals surface area contributed by atoms with Crippen molar-refractivity contribution in [1.29, 1.82) is 0 Å². The summed E-state index contributed by atoms with van der Waals surface area (Å²) in [5, 5.41) is 2.99. The van der Waals surface area contributed by atoms with Gasteiger partial charge < -0.3 is 5.32 Å². The fourth-order valence-electron chi connectivity index (χ4n) is 1.62. The molecule has 0 aliphatic rings. The third kappa shape index (κ3) is 4.16. The van der Waals surface area contributed by atoms with Gasteiger partial charge >= 0.3 is 0 Å². The third-order valence-electron chi connectivity index (χ3n) is 2.78. The predicted molar refractivity (Wildman–Crippen MR) is 82.8 cm³/mol. The minimum atomic E-state index is -3.67. The summed E-state index contributed by atoms with van der Waals surface area (Å²) in [4.78, 5) is 8.03. The summed E-state index contributed by atoms with van der Waals surface area (Å²) in [5.74, 6) is 0.422. The number of hydrogen-bond acceptors (Lipinski definition) is 5. The van der Waals surface area contributed by atoms with Gasteiger partial charge in [0, 0.05) is 12.2 Å². The topological polar surface area (TPSA) is 84.0 Å². The van der Waals surface area contributed by atoms with Crippen LogP contribution in [0.2, 0.25) is 0 Å². The van der Waals surface area contributed by atoms with Gasteiger partial charge in [-0.05, 0) is 25.5 Å². The molecule has 0 aliphatic carbocycles. The van der Waals surface area contributed by atoms with Gasteiger partial charge in [-0.3, -0.25) is 4.72 Å². The zero-order chi connectivity index (χ0) is 15.3. The number of nitrogens with zero attached hydrogens (tertiary/aromatic N) is 2. The minimum absolute atomic E-state index is 0.0325. The van der Waals surface area contributed by atoms with E-state index in [1.165, 1.54) is 12.4 Å². The Morgan fingerprint density at radius 1 is 1.10 bits per heavy atom. The van der Waals surface area contributed by atoms with E-state index in [0.29, 0.717) is 11.6 Å². The third-order valence-corrected chi connectivity index (χ3v) is 4.11. The molecule has 0 aliphatic heterocycles. The van der Waals surface area contributed by atoms with Crippen LogP contribution < -0.4 is 10.0 Å². The Hall–Kier alpha value is -2.15. The molecule has 2 aromatic rings.